The molecule has 1 aliphatic rings. The van der Waals surface area contributed by atoms with Gasteiger partial charge in [-0.15, -0.1) is 0 Å². The van der Waals surface area contributed by atoms with Crippen LogP contribution in [0.15, 0.2) is 36.4 Å². The van der Waals surface area contributed by atoms with E-state index in [2.05, 4.69) is 12.1 Å². The number of nitriles is 1. The molecule has 2 aromatic carbocycles. The molecule has 3 heteroatoms. The standard InChI is InChI=1S/C17H14FNO/c18-16-5-2-6-17(15(16)10-19)20-11-12-7-8-13-3-1-4-14(13)9-12/h2,5-9H,1,3-4,11H2. The van der Waals surface area contributed by atoms with Crippen molar-refractivity contribution in [2.45, 2.75) is 25.9 Å². The Labute approximate surface area is 117 Å². The quantitative estimate of drug-likeness (QED) is 0.848. The van der Waals surface area contributed by atoms with Gasteiger partial charge in [0, 0.05) is 0 Å². The van der Waals surface area contributed by atoms with E-state index in [9.17, 15) is 4.39 Å². The van der Waals surface area contributed by atoms with Crippen molar-refractivity contribution >= 4 is 0 Å². The number of aryl methyl sites for hydroxylation is 2. The molecule has 0 saturated heterocycles. The summed E-state index contributed by atoms with van der Waals surface area (Å²) < 4.78 is 19.0. The molecule has 2 nitrogen and oxygen atoms in total. The summed E-state index contributed by atoms with van der Waals surface area (Å²) in [6.45, 7) is 0.353. The lowest BCUT2D eigenvalue weighted by Crippen LogP contribution is -1.99. The average Bonchev–Trinajstić information content (AvgIpc) is 2.92. The van der Waals surface area contributed by atoms with Gasteiger partial charge in [-0.2, -0.15) is 5.26 Å². The maximum atomic E-state index is 13.5. The van der Waals surface area contributed by atoms with Crippen LogP contribution in [-0.4, -0.2) is 0 Å². The largest absolute Gasteiger partial charge is 0.487 e. The topological polar surface area (TPSA) is 33.0 Å². The van der Waals surface area contributed by atoms with Crippen molar-refractivity contribution in [3.05, 3.63) is 64.5 Å². The molecule has 0 saturated carbocycles. The Hall–Kier alpha value is -2.34. The summed E-state index contributed by atoms with van der Waals surface area (Å²) in [5.74, 6) is -0.244. The molecule has 1 aliphatic carbocycles. The molecular formula is C17H14FNO. The Morgan fingerprint density at radius 3 is 2.85 bits per heavy atom. The molecule has 3 rings (SSSR count). The summed E-state index contributed by atoms with van der Waals surface area (Å²) in [4.78, 5) is 0. The predicted molar refractivity (Wildman–Crippen MR) is 73.9 cm³/mol. The Balaban J connectivity index is 1.77. The number of hydrogen-bond acceptors (Lipinski definition) is 2. The van der Waals surface area contributed by atoms with Gasteiger partial charge >= 0.3 is 0 Å². The molecule has 20 heavy (non-hydrogen) atoms. The van der Waals surface area contributed by atoms with Gasteiger partial charge in [0.25, 0.3) is 0 Å². The van der Waals surface area contributed by atoms with E-state index < -0.39 is 5.82 Å². The SMILES string of the molecule is N#Cc1c(F)cccc1OCc1ccc2c(c1)CCC2. The molecule has 0 bridgehead atoms. The Morgan fingerprint density at radius 2 is 2.00 bits per heavy atom. The molecule has 2 aromatic rings. The highest BCUT2D eigenvalue weighted by Gasteiger charge is 2.12. The molecule has 0 unspecified atom stereocenters. The van der Waals surface area contributed by atoms with Crippen molar-refractivity contribution < 1.29 is 9.13 Å². The fraction of sp³-hybridized carbons (Fsp3) is 0.235. The van der Waals surface area contributed by atoms with E-state index in [1.807, 2.05) is 12.1 Å². The van der Waals surface area contributed by atoms with Gasteiger partial charge in [0.15, 0.2) is 0 Å². The van der Waals surface area contributed by atoms with Gasteiger partial charge in [0.2, 0.25) is 0 Å². The van der Waals surface area contributed by atoms with E-state index in [4.69, 9.17) is 10.00 Å². The maximum absolute atomic E-state index is 13.5. The van der Waals surface area contributed by atoms with Crippen LogP contribution in [0.25, 0.3) is 0 Å². The maximum Gasteiger partial charge on any atom is 0.144 e. The molecule has 0 atom stereocenters. The van der Waals surface area contributed by atoms with Crippen molar-refractivity contribution in [3.8, 4) is 11.8 Å². The van der Waals surface area contributed by atoms with Crippen molar-refractivity contribution in [2.24, 2.45) is 0 Å². The van der Waals surface area contributed by atoms with Crippen molar-refractivity contribution in [1.29, 1.82) is 5.26 Å². The number of benzene rings is 2. The monoisotopic (exact) mass is 267 g/mol. The number of rotatable bonds is 3. The van der Waals surface area contributed by atoms with E-state index >= 15 is 0 Å². The predicted octanol–water partition coefficient (Wildman–Crippen LogP) is 3.77. The summed E-state index contributed by atoms with van der Waals surface area (Å²) in [6, 6.07) is 12.6. The lowest BCUT2D eigenvalue weighted by Gasteiger charge is -2.09. The van der Waals surface area contributed by atoms with Crippen LogP contribution in [0.1, 0.15) is 28.7 Å². The molecule has 100 valence electrons. The summed E-state index contributed by atoms with van der Waals surface area (Å²) in [6.07, 6.45) is 3.48. The van der Waals surface area contributed by atoms with E-state index in [0.717, 1.165) is 18.4 Å². The van der Waals surface area contributed by atoms with Crippen LogP contribution in [0.5, 0.6) is 5.75 Å². The summed E-state index contributed by atoms with van der Waals surface area (Å²) in [5.41, 5.74) is 3.82. The van der Waals surface area contributed by atoms with Crippen molar-refractivity contribution in [2.75, 3.05) is 0 Å². The Bertz CT molecular complexity index is 688. The highest BCUT2D eigenvalue weighted by atomic mass is 19.1. The second-order valence-corrected chi connectivity index (χ2v) is 4.97. The molecule has 0 N–H and O–H groups in total. The van der Waals surface area contributed by atoms with E-state index in [-0.39, 0.29) is 5.56 Å². The third-order valence-electron chi connectivity index (χ3n) is 3.64. The minimum Gasteiger partial charge on any atom is -0.487 e. The minimum atomic E-state index is -0.543. The molecular weight excluding hydrogens is 253 g/mol. The Morgan fingerprint density at radius 1 is 1.15 bits per heavy atom. The summed E-state index contributed by atoms with van der Waals surface area (Å²) in [7, 11) is 0. The smallest absolute Gasteiger partial charge is 0.144 e. The normalized spacial score (nSPS) is 12.8. The number of ether oxygens (including phenoxy) is 1. The lowest BCUT2D eigenvalue weighted by molar-refractivity contribution is 0.303. The van der Waals surface area contributed by atoms with Crippen molar-refractivity contribution in [3.63, 3.8) is 0 Å². The van der Waals surface area contributed by atoms with E-state index in [1.165, 1.54) is 23.6 Å². The first-order valence-electron chi connectivity index (χ1n) is 6.70. The fourth-order valence-electron chi connectivity index (χ4n) is 2.61. The molecule has 0 aliphatic heterocycles. The van der Waals surface area contributed by atoms with Crippen LogP contribution in [0.3, 0.4) is 0 Å². The molecule has 0 radical (unpaired) electrons. The second-order valence-electron chi connectivity index (χ2n) is 4.97. The Kier molecular flexibility index (Phi) is 3.39. The number of hydrogen-bond donors (Lipinski definition) is 0. The molecule has 0 amide bonds. The van der Waals surface area contributed by atoms with E-state index in [0.29, 0.717) is 12.4 Å². The second kappa shape index (κ2) is 5.34. The zero-order chi connectivity index (χ0) is 13.9. The molecule has 0 aromatic heterocycles. The highest BCUT2D eigenvalue weighted by molar-refractivity contribution is 5.44. The number of fused-ring (bicyclic) bond motifs is 1. The minimum absolute atomic E-state index is 0.0336. The fourth-order valence-corrected chi connectivity index (χ4v) is 2.61. The van der Waals surface area contributed by atoms with Crippen LogP contribution in [0.4, 0.5) is 4.39 Å². The molecule has 0 heterocycles. The highest BCUT2D eigenvalue weighted by Crippen LogP contribution is 2.25. The molecule has 0 spiro atoms. The first kappa shape index (κ1) is 12.7. The van der Waals surface area contributed by atoms with Crippen LogP contribution < -0.4 is 4.74 Å². The zero-order valence-electron chi connectivity index (χ0n) is 11.0. The van der Waals surface area contributed by atoms with Crippen LogP contribution in [0, 0.1) is 17.1 Å². The van der Waals surface area contributed by atoms with Gasteiger partial charge in [-0.05, 0) is 48.1 Å². The zero-order valence-corrected chi connectivity index (χ0v) is 11.0. The van der Waals surface area contributed by atoms with Gasteiger partial charge in [-0.1, -0.05) is 24.3 Å². The van der Waals surface area contributed by atoms with Crippen LogP contribution in [-0.2, 0) is 19.4 Å². The molecule has 0 fully saturated rings. The number of nitrogens with zero attached hydrogens (tertiary/aromatic N) is 1. The average molecular weight is 267 g/mol. The van der Waals surface area contributed by atoms with E-state index in [1.54, 1.807) is 12.1 Å². The third-order valence-corrected chi connectivity index (χ3v) is 3.64. The van der Waals surface area contributed by atoms with Crippen molar-refractivity contribution in [1.82, 2.24) is 0 Å². The lowest BCUT2D eigenvalue weighted by atomic mass is 10.1. The van der Waals surface area contributed by atoms with Gasteiger partial charge in [-0.3, -0.25) is 0 Å². The first-order chi connectivity index (χ1) is 9.78. The van der Waals surface area contributed by atoms with Gasteiger partial charge < -0.3 is 4.74 Å². The summed E-state index contributed by atoms with van der Waals surface area (Å²) in [5, 5.41) is 8.95. The third kappa shape index (κ3) is 2.37. The van der Waals surface area contributed by atoms with Gasteiger partial charge in [0.05, 0.1) is 0 Å². The van der Waals surface area contributed by atoms with Crippen LogP contribution in [0.2, 0.25) is 0 Å². The van der Waals surface area contributed by atoms with Gasteiger partial charge in [-0.25, -0.2) is 4.39 Å². The van der Waals surface area contributed by atoms with Gasteiger partial charge in [0.1, 0.15) is 29.8 Å². The first-order valence-corrected chi connectivity index (χ1v) is 6.70. The van der Waals surface area contributed by atoms with Crippen LogP contribution >= 0.6 is 0 Å². The summed E-state index contributed by atoms with van der Waals surface area (Å²) >= 11 is 0. The number of halogens is 1.